The number of carbonyl (C=O) groups is 7. The number of carboxylic acid groups (broad SMARTS) is 1. The van der Waals surface area contributed by atoms with Crippen LogP contribution in [-0.4, -0.2) is 95.8 Å². The number of esters is 1. The average molecular weight is 875 g/mol. The van der Waals surface area contributed by atoms with E-state index < -0.39 is 84.3 Å². The Kier molecular flexibility index (Phi) is 22.1. The van der Waals surface area contributed by atoms with Crippen molar-refractivity contribution in [2.24, 2.45) is 11.5 Å². The zero-order valence-electron chi connectivity index (χ0n) is 34.0. The number of rotatable bonds is 22. The molecule has 0 aromatic heterocycles. The number of primary amides is 1. The van der Waals surface area contributed by atoms with Crippen LogP contribution in [-0.2, 0) is 56.9 Å². The van der Waals surface area contributed by atoms with Gasteiger partial charge in [0.2, 0.25) is 29.5 Å². The number of hydrogen-bond donors (Lipinski definition) is 7. The Balaban J connectivity index is 0.00000168. The summed E-state index contributed by atoms with van der Waals surface area (Å²) in [5.41, 5.74) is 15.4. The molecular formula is C42H53F3N6O9S. The van der Waals surface area contributed by atoms with Gasteiger partial charge in [0.1, 0.15) is 24.2 Å². The first-order valence-electron chi connectivity index (χ1n) is 19.2. The first kappa shape index (κ1) is 51.2. The van der Waals surface area contributed by atoms with Crippen LogP contribution in [0.5, 0.6) is 0 Å². The SMILES string of the molecule is CCCC[C@H](NC(=O)[C@@H](N)CSCc1ccc(C)cc1)C(=O)N[C@@H](CC(N)=O)C(=O)N[C@@H](Cc1ccccc1)C(=O)N[C@@H](Cc1ccccc1)C(=O)OC.O=C(O)C(F)(F)F. The van der Waals surface area contributed by atoms with Crippen molar-refractivity contribution in [3.8, 4) is 0 Å². The molecule has 15 nitrogen and oxygen atoms in total. The molecule has 332 valence electrons. The third-order valence-corrected chi connectivity index (χ3v) is 9.92. The molecule has 0 unspecified atom stereocenters. The molecule has 0 spiro atoms. The highest BCUT2D eigenvalue weighted by atomic mass is 32.2. The monoisotopic (exact) mass is 874 g/mol. The van der Waals surface area contributed by atoms with Gasteiger partial charge in [0.15, 0.2) is 0 Å². The predicted molar refractivity (Wildman–Crippen MR) is 222 cm³/mol. The molecule has 0 radical (unpaired) electrons. The molecular weight excluding hydrogens is 822 g/mol. The van der Waals surface area contributed by atoms with Gasteiger partial charge < -0.3 is 42.6 Å². The van der Waals surface area contributed by atoms with Crippen LogP contribution in [0.1, 0.15) is 54.9 Å². The number of thioether (sulfide) groups is 1. The number of halogens is 3. The number of nitrogens with one attached hydrogen (secondary N) is 4. The maximum absolute atomic E-state index is 13.8. The maximum Gasteiger partial charge on any atom is 0.490 e. The van der Waals surface area contributed by atoms with Crippen LogP contribution < -0.4 is 32.7 Å². The molecule has 9 N–H and O–H groups in total. The summed E-state index contributed by atoms with van der Waals surface area (Å²) in [6.45, 7) is 3.93. The molecule has 0 aliphatic carbocycles. The van der Waals surface area contributed by atoms with Crippen molar-refractivity contribution in [1.29, 1.82) is 0 Å². The van der Waals surface area contributed by atoms with E-state index in [-0.39, 0.29) is 19.3 Å². The quantitative estimate of drug-likeness (QED) is 0.0724. The smallest absolute Gasteiger partial charge is 0.475 e. The Labute approximate surface area is 356 Å². The van der Waals surface area contributed by atoms with Crippen molar-refractivity contribution in [2.75, 3.05) is 12.9 Å². The normalized spacial score (nSPS) is 13.4. The lowest BCUT2D eigenvalue weighted by molar-refractivity contribution is -0.192. The molecule has 0 saturated heterocycles. The van der Waals surface area contributed by atoms with Gasteiger partial charge in [0.05, 0.1) is 19.6 Å². The number of unbranched alkanes of at least 4 members (excludes halogenated alkanes) is 1. The molecule has 61 heavy (non-hydrogen) atoms. The lowest BCUT2D eigenvalue weighted by atomic mass is 10.0. The summed E-state index contributed by atoms with van der Waals surface area (Å²) in [5.74, 6) is -6.15. The van der Waals surface area contributed by atoms with Crippen LogP contribution in [0.15, 0.2) is 84.9 Å². The summed E-state index contributed by atoms with van der Waals surface area (Å²) in [5, 5.41) is 17.7. The summed E-state index contributed by atoms with van der Waals surface area (Å²) in [4.78, 5) is 88.1. The van der Waals surface area contributed by atoms with Gasteiger partial charge in [-0.25, -0.2) is 9.59 Å². The van der Waals surface area contributed by atoms with Crippen LogP contribution in [0.4, 0.5) is 13.2 Å². The molecule has 3 aromatic rings. The number of nitrogens with two attached hydrogens (primary N) is 2. The summed E-state index contributed by atoms with van der Waals surface area (Å²) < 4.78 is 36.7. The van der Waals surface area contributed by atoms with E-state index in [0.29, 0.717) is 23.5 Å². The molecule has 3 aromatic carbocycles. The van der Waals surface area contributed by atoms with Crippen LogP contribution >= 0.6 is 11.8 Å². The van der Waals surface area contributed by atoms with E-state index in [1.807, 2.05) is 44.2 Å². The van der Waals surface area contributed by atoms with E-state index in [9.17, 15) is 41.9 Å². The van der Waals surface area contributed by atoms with Crippen LogP contribution in [0.3, 0.4) is 0 Å². The van der Waals surface area contributed by atoms with Gasteiger partial charge in [-0.2, -0.15) is 24.9 Å². The molecule has 3 rings (SSSR count). The number of aryl methyl sites for hydroxylation is 1. The van der Waals surface area contributed by atoms with Crippen molar-refractivity contribution in [1.82, 2.24) is 21.3 Å². The van der Waals surface area contributed by atoms with E-state index >= 15 is 0 Å². The second-order valence-corrected chi connectivity index (χ2v) is 14.9. The van der Waals surface area contributed by atoms with E-state index in [0.717, 1.165) is 23.1 Å². The minimum Gasteiger partial charge on any atom is -0.475 e. The molecule has 0 aliphatic rings. The van der Waals surface area contributed by atoms with Crippen LogP contribution in [0.25, 0.3) is 0 Å². The van der Waals surface area contributed by atoms with Crippen LogP contribution in [0, 0.1) is 6.92 Å². The van der Waals surface area contributed by atoms with E-state index in [1.54, 1.807) is 54.6 Å². The van der Waals surface area contributed by atoms with Crippen molar-refractivity contribution < 1.29 is 56.6 Å². The van der Waals surface area contributed by atoms with Crippen molar-refractivity contribution in [3.05, 3.63) is 107 Å². The summed E-state index contributed by atoms with van der Waals surface area (Å²) in [6, 6.07) is 20.2. The Hall–Kier alpha value is -5.95. The van der Waals surface area contributed by atoms with Crippen LogP contribution in [0.2, 0.25) is 0 Å². The lowest BCUT2D eigenvalue weighted by Crippen LogP contribution is -2.59. The third kappa shape index (κ3) is 19.8. The predicted octanol–water partition coefficient (Wildman–Crippen LogP) is 2.85. The number of benzene rings is 3. The summed E-state index contributed by atoms with van der Waals surface area (Å²) >= 11 is 1.49. The average Bonchev–Trinajstić information content (AvgIpc) is 3.22. The number of carbonyl (C=O) groups excluding carboxylic acids is 6. The Morgan fingerprint density at radius 3 is 1.66 bits per heavy atom. The number of amides is 5. The third-order valence-electron chi connectivity index (χ3n) is 8.78. The summed E-state index contributed by atoms with van der Waals surface area (Å²) in [6.07, 6.45) is -3.98. The molecule has 0 bridgehead atoms. The largest absolute Gasteiger partial charge is 0.490 e. The molecule has 0 saturated carbocycles. The number of alkyl halides is 3. The maximum atomic E-state index is 13.8. The molecule has 0 fully saturated rings. The second-order valence-electron chi connectivity index (χ2n) is 13.9. The minimum absolute atomic E-state index is 0.0177. The highest BCUT2D eigenvalue weighted by Crippen LogP contribution is 2.15. The Morgan fingerprint density at radius 1 is 0.705 bits per heavy atom. The van der Waals surface area contributed by atoms with Crippen molar-refractivity contribution >= 4 is 53.2 Å². The molecule has 5 atom stereocenters. The fourth-order valence-corrected chi connectivity index (χ4v) is 6.44. The van der Waals surface area contributed by atoms with Gasteiger partial charge in [0, 0.05) is 24.3 Å². The number of hydrogen-bond acceptors (Lipinski definition) is 10. The van der Waals surface area contributed by atoms with Crippen molar-refractivity contribution in [3.63, 3.8) is 0 Å². The zero-order valence-corrected chi connectivity index (χ0v) is 34.9. The standard InChI is InChI=1S/C40H52N6O7S.C2HF3O2/c1-4-5-16-31(43-36(48)30(41)25-54-24-29-19-17-26(2)18-20-29)37(49)45-33(23-35(42)47)39(51)44-32(21-27-12-8-6-9-13-27)38(50)46-34(40(52)53-3)22-28-14-10-7-11-15-28;3-2(4,5)1(6)7/h6-15,17-20,30-34H,4-5,16,21-25,41H2,1-3H3,(H2,42,47)(H,43,48)(H,44,51)(H,45,49)(H,46,50);(H,6,7)/t30-,31-,32-,33-,34-;/m0./s1. The Bertz CT molecular complexity index is 1890. The molecule has 19 heteroatoms. The van der Waals surface area contributed by atoms with Gasteiger partial charge in [-0.3, -0.25) is 24.0 Å². The molecule has 5 amide bonds. The number of carboxylic acids is 1. The first-order valence-corrected chi connectivity index (χ1v) is 20.3. The van der Waals surface area contributed by atoms with E-state index in [1.165, 1.54) is 18.9 Å². The number of methoxy groups -OCH3 is 1. The number of ether oxygens (including phenoxy) is 1. The van der Waals surface area contributed by atoms with Crippen molar-refractivity contribution in [2.45, 2.75) is 94.5 Å². The number of aliphatic carboxylic acids is 1. The lowest BCUT2D eigenvalue weighted by Gasteiger charge is -2.26. The van der Waals surface area contributed by atoms with Gasteiger partial charge >= 0.3 is 18.1 Å². The second kappa shape index (κ2) is 26.3. The van der Waals surface area contributed by atoms with Gasteiger partial charge in [-0.05, 0) is 30.0 Å². The molecule has 0 heterocycles. The van der Waals surface area contributed by atoms with E-state index in [4.69, 9.17) is 26.1 Å². The summed E-state index contributed by atoms with van der Waals surface area (Å²) in [7, 11) is 1.21. The van der Waals surface area contributed by atoms with Gasteiger partial charge in [0.25, 0.3) is 0 Å². The zero-order chi connectivity index (χ0) is 45.5. The highest BCUT2D eigenvalue weighted by Gasteiger charge is 2.38. The van der Waals surface area contributed by atoms with Gasteiger partial charge in [-0.15, -0.1) is 0 Å². The topological polar surface area (TPSA) is 249 Å². The minimum atomic E-state index is -5.08. The fraction of sp³-hybridized carbons (Fsp3) is 0.405. The fourth-order valence-electron chi connectivity index (χ4n) is 5.49. The highest BCUT2D eigenvalue weighted by molar-refractivity contribution is 7.98. The van der Waals surface area contributed by atoms with E-state index in [2.05, 4.69) is 21.3 Å². The first-order chi connectivity index (χ1) is 28.8. The molecule has 0 aliphatic heterocycles. The van der Waals surface area contributed by atoms with Gasteiger partial charge in [-0.1, -0.05) is 110 Å². The Morgan fingerprint density at radius 2 is 1.16 bits per heavy atom.